The quantitative estimate of drug-likeness (QED) is 0.168. The Morgan fingerprint density at radius 2 is 0.759 bits per heavy atom. The Kier molecular flexibility index (Phi) is 6.90. The smallest absolute Gasteiger partial charge is 0.143 e. The molecule has 10 aromatic carbocycles. The fourth-order valence-corrected chi connectivity index (χ4v) is 8.51. The summed E-state index contributed by atoms with van der Waals surface area (Å²) < 4.78 is 6.42. The van der Waals surface area contributed by atoms with Crippen LogP contribution >= 0.6 is 0 Å². The Labute approximate surface area is 312 Å². The first-order valence-electron chi connectivity index (χ1n) is 18.5. The molecule has 0 aliphatic heterocycles. The predicted octanol–water partition coefficient (Wildman–Crippen LogP) is 15.0. The lowest BCUT2D eigenvalue weighted by Gasteiger charge is -2.27. The van der Waals surface area contributed by atoms with E-state index in [9.17, 15) is 0 Å². The van der Waals surface area contributed by atoms with Gasteiger partial charge in [-0.15, -0.1) is 0 Å². The average Bonchev–Trinajstić information content (AvgIpc) is 3.63. The molecule has 0 atom stereocenters. The van der Waals surface area contributed by atoms with Crippen LogP contribution in [0.1, 0.15) is 0 Å². The van der Waals surface area contributed by atoms with E-state index >= 15 is 0 Å². The number of fused-ring (bicyclic) bond motifs is 10. The van der Waals surface area contributed by atoms with Crippen molar-refractivity contribution in [2.24, 2.45) is 0 Å². The van der Waals surface area contributed by atoms with Gasteiger partial charge in [-0.3, -0.25) is 0 Å². The second-order valence-corrected chi connectivity index (χ2v) is 14.1. The van der Waals surface area contributed by atoms with Crippen LogP contribution in [0.5, 0.6) is 0 Å². The first kappa shape index (κ1) is 30.5. The van der Waals surface area contributed by atoms with Crippen LogP contribution < -0.4 is 4.90 Å². The highest BCUT2D eigenvalue weighted by Gasteiger charge is 2.18. The summed E-state index contributed by atoms with van der Waals surface area (Å²) >= 11 is 0. The molecule has 0 aliphatic rings. The van der Waals surface area contributed by atoms with Gasteiger partial charge in [0.2, 0.25) is 0 Å². The van der Waals surface area contributed by atoms with Crippen molar-refractivity contribution in [1.29, 1.82) is 0 Å². The fraction of sp³-hybridized carbons (Fsp3) is 0. The normalized spacial score (nSPS) is 11.7. The van der Waals surface area contributed by atoms with E-state index in [1.807, 2.05) is 12.1 Å². The second kappa shape index (κ2) is 12.2. The van der Waals surface area contributed by atoms with Gasteiger partial charge in [-0.1, -0.05) is 158 Å². The standard InChI is InChI=1S/C52H33NO/c1-2-13-40-34(11-1)12-9-19-41(40)35-23-27-37(28-24-35)53(39-31-32-47-45-16-4-3-14-43(45)44-15-5-6-17-46(44)50(47)33-39)38-29-25-36(26-30-38)42-20-10-21-49-48-18-7-8-22-51(48)54-52(42)49/h1-33H. The number of para-hydroxylation sites is 2. The third kappa shape index (κ3) is 4.81. The van der Waals surface area contributed by atoms with E-state index in [2.05, 4.69) is 193 Å². The summed E-state index contributed by atoms with van der Waals surface area (Å²) in [5.41, 5.74) is 9.74. The van der Waals surface area contributed by atoms with E-state index in [-0.39, 0.29) is 0 Å². The van der Waals surface area contributed by atoms with Crippen LogP contribution in [0.4, 0.5) is 17.1 Å². The number of hydrogen-bond donors (Lipinski definition) is 0. The van der Waals surface area contributed by atoms with Gasteiger partial charge in [0, 0.05) is 33.4 Å². The Morgan fingerprint density at radius 1 is 0.296 bits per heavy atom. The molecule has 0 fully saturated rings. The third-order valence-corrected chi connectivity index (χ3v) is 11.1. The maximum absolute atomic E-state index is 6.42. The monoisotopic (exact) mass is 687 g/mol. The van der Waals surface area contributed by atoms with Crippen molar-refractivity contribution < 1.29 is 4.42 Å². The van der Waals surface area contributed by atoms with Crippen LogP contribution in [0.15, 0.2) is 205 Å². The van der Waals surface area contributed by atoms with Gasteiger partial charge in [0.25, 0.3) is 0 Å². The highest BCUT2D eigenvalue weighted by Crippen LogP contribution is 2.43. The molecule has 1 aromatic heterocycles. The van der Waals surface area contributed by atoms with E-state index in [0.29, 0.717) is 0 Å². The SMILES string of the molecule is c1ccc2c(-c3ccc(N(c4ccc(-c5cccc6c5oc5ccccc56)cc4)c4ccc5c6ccccc6c6ccccc6c5c4)cc3)cccc2c1. The van der Waals surface area contributed by atoms with E-state index in [1.54, 1.807) is 0 Å². The van der Waals surface area contributed by atoms with Crippen molar-refractivity contribution in [3.05, 3.63) is 200 Å². The zero-order valence-corrected chi connectivity index (χ0v) is 29.4. The maximum atomic E-state index is 6.42. The molecule has 0 aliphatic carbocycles. The van der Waals surface area contributed by atoms with Crippen molar-refractivity contribution in [2.75, 3.05) is 4.90 Å². The molecule has 2 nitrogen and oxygen atoms in total. The highest BCUT2D eigenvalue weighted by atomic mass is 16.3. The van der Waals surface area contributed by atoms with Crippen molar-refractivity contribution in [3.63, 3.8) is 0 Å². The fourth-order valence-electron chi connectivity index (χ4n) is 8.51. The number of benzene rings is 10. The van der Waals surface area contributed by atoms with Crippen molar-refractivity contribution in [1.82, 2.24) is 0 Å². The zero-order chi connectivity index (χ0) is 35.6. The summed E-state index contributed by atoms with van der Waals surface area (Å²) in [6.45, 7) is 0. The number of furan rings is 1. The molecule has 11 aromatic rings. The van der Waals surface area contributed by atoms with Crippen LogP contribution in [-0.4, -0.2) is 0 Å². The van der Waals surface area contributed by atoms with Crippen molar-refractivity contribution in [3.8, 4) is 22.3 Å². The molecule has 0 unspecified atom stereocenters. The van der Waals surface area contributed by atoms with Crippen LogP contribution in [-0.2, 0) is 0 Å². The molecule has 0 saturated heterocycles. The van der Waals surface area contributed by atoms with Gasteiger partial charge in [-0.25, -0.2) is 0 Å². The lowest BCUT2D eigenvalue weighted by atomic mass is 9.94. The van der Waals surface area contributed by atoms with E-state index in [1.165, 1.54) is 54.2 Å². The molecule has 11 rings (SSSR count). The number of anilines is 3. The third-order valence-electron chi connectivity index (χ3n) is 11.1. The minimum absolute atomic E-state index is 0.909. The Balaban J connectivity index is 1.08. The average molecular weight is 688 g/mol. The van der Waals surface area contributed by atoms with E-state index in [4.69, 9.17) is 4.42 Å². The molecule has 0 amide bonds. The summed E-state index contributed by atoms with van der Waals surface area (Å²) in [6.07, 6.45) is 0. The lowest BCUT2D eigenvalue weighted by Crippen LogP contribution is -2.10. The number of hydrogen-bond acceptors (Lipinski definition) is 2. The molecule has 252 valence electrons. The van der Waals surface area contributed by atoms with Gasteiger partial charge in [0.05, 0.1) is 0 Å². The number of rotatable bonds is 5. The van der Waals surface area contributed by atoms with Crippen molar-refractivity contribution in [2.45, 2.75) is 0 Å². The summed E-state index contributed by atoms with van der Waals surface area (Å²) in [5, 5.41) is 12.4. The van der Waals surface area contributed by atoms with Gasteiger partial charge >= 0.3 is 0 Å². The molecule has 0 radical (unpaired) electrons. The summed E-state index contributed by atoms with van der Waals surface area (Å²) in [4.78, 5) is 2.38. The molecular formula is C52H33NO. The topological polar surface area (TPSA) is 16.4 Å². The molecule has 2 heteroatoms. The van der Waals surface area contributed by atoms with Gasteiger partial charge in [-0.2, -0.15) is 0 Å². The Morgan fingerprint density at radius 3 is 1.44 bits per heavy atom. The van der Waals surface area contributed by atoms with Crippen LogP contribution in [0.25, 0.3) is 87.3 Å². The molecule has 0 N–H and O–H groups in total. The number of nitrogens with zero attached hydrogens (tertiary/aromatic N) is 1. The predicted molar refractivity (Wildman–Crippen MR) is 229 cm³/mol. The van der Waals surface area contributed by atoms with Crippen LogP contribution in [0.3, 0.4) is 0 Å². The second-order valence-electron chi connectivity index (χ2n) is 14.1. The van der Waals surface area contributed by atoms with Gasteiger partial charge < -0.3 is 9.32 Å². The van der Waals surface area contributed by atoms with Crippen LogP contribution in [0.2, 0.25) is 0 Å². The van der Waals surface area contributed by atoms with Crippen molar-refractivity contribution >= 4 is 82.1 Å². The van der Waals surface area contributed by atoms with E-state index in [0.717, 1.165) is 50.1 Å². The molecule has 0 bridgehead atoms. The molecule has 1 heterocycles. The molecule has 0 saturated carbocycles. The van der Waals surface area contributed by atoms with Gasteiger partial charge in [-0.05, 0) is 102 Å². The molecular weight excluding hydrogens is 655 g/mol. The highest BCUT2D eigenvalue weighted by molar-refractivity contribution is 6.25. The van der Waals surface area contributed by atoms with Crippen LogP contribution in [0, 0.1) is 0 Å². The first-order chi connectivity index (χ1) is 26.8. The van der Waals surface area contributed by atoms with Gasteiger partial charge in [0.15, 0.2) is 0 Å². The molecule has 0 spiro atoms. The summed E-state index contributed by atoms with van der Waals surface area (Å²) in [6, 6.07) is 72.3. The molecule has 54 heavy (non-hydrogen) atoms. The lowest BCUT2D eigenvalue weighted by molar-refractivity contribution is 0.670. The Hall–Kier alpha value is -7.16. The summed E-state index contributed by atoms with van der Waals surface area (Å²) in [5.74, 6) is 0. The minimum Gasteiger partial charge on any atom is -0.455 e. The van der Waals surface area contributed by atoms with Gasteiger partial charge in [0.1, 0.15) is 11.2 Å². The first-order valence-corrected chi connectivity index (χ1v) is 18.5. The van der Waals surface area contributed by atoms with E-state index < -0.39 is 0 Å². The largest absolute Gasteiger partial charge is 0.455 e. The minimum atomic E-state index is 0.909. The summed E-state index contributed by atoms with van der Waals surface area (Å²) in [7, 11) is 0. The maximum Gasteiger partial charge on any atom is 0.143 e. The zero-order valence-electron chi connectivity index (χ0n) is 29.4. The Bertz CT molecular complexity index is 3170.